The molecular formula is C20H28F6N4O6. The van der Waals surface area contributed by atoms with Gasteiger partial charge < -0.3 is 24.7 Å². The third kappa shape index (κ3) is 9.55. The van der Waals surface area contributed by atoms with Gasteiger partial charge in [-0.3, -0.25) is 9.80 Å². The number of carboxylic acid groups (broad SMARTS) is 2. The van der Waals surface area contributed by atoms with Crippen LogP contribution < -0.4 is 0 Å². The summed E-state index contributed by atoms with van der Waals surface area (Å²) in [5.74, 6) is -5.51. The molecule has 3 fully saturated rings. The summed E-state index contributed by atoms with van der Waals surface area (Å²) in [4.78, 5) is 30.2. The Hall–Kier alpha value is -2.43. The summed E-state index contributed by atoms with van der Waals surface area (Å²) in [6, 6.07) is 0.600. The molecule has 36 heavy (non-hydrogen) atoms. The fraction of sp³-hybridized carbons (Fsp3) is 0.750. The number of halogens is 6. The van der Waals surface area contributed by atoms with E-state index in [9.17, 15) is 26.3 Å². The Morgan fingerprint density at radius 2 is 1.56 bits per heavy atom. The van der Waals surface area contributed by atoms with Crippen LogP contribution in [0.3, 0.4) is 0 Å². The summed E-state index contributed by atoms with van der Waals surface area (Å²) in [5, 5.41) is 14.2. The minimum atomic E-state index is -5.08. The van der Waals surface area contributed by atoms with Crippen LogP contribution in [0.5, 0.6) is 0 Å². The van der Waals surface area contributed by atoms with E-state index in [4.69, 9.17) is 29.3 Å². The van der Waals surface area contributed by atoms with Gasteiger partial charge in [0.05, 0.1) is 31.7 Å². The molecule has 0 bridgehead atoms. The quantitative estimate of drug-likeness (QED) is 0.500. The van der Waals surface area contributed by atoms with Crippen LogP contribution in [0.2, 0.25) is 0 Å². The van der Waals surface area contributed by atoms with Crippen molar-refractivity contribution >= 4 is 11.9 Å². The third-order valence-corrected chi connectivity index (χ3v) is 5.95. The smallest absolute Gasteiger partial charge is 0.475 e. The third-order valence-electron chi connectivity index (χ3n) is 5.95. The van der Waals surface area contributed by atoms with E-state index in [0.29, 0.717) is 6.04 Å². The maximum atomic E-state index is 10.6. The van der Waals surface area contributed by atoms with Crippen molar-refractivity contribution in [1.29, 1.82) is 0 Å². The summed E-state index contributed by atoms with van der Waals surface area (Å²) in [5.41, 5.74) is 1.34. The molecule has 3 N–H and O–H groups in total. The number of rotatable bonds is 3. The van der Waals surface area contributed by atoms with Crippen molar-refractivity contribution in [3.05, 3.63) is 18.2 Å². The van der Waals surface area contributed by atoms with E-state index in [2.05, 4.69) is 19.8 Å². The lowest BCUT2D eigenvalue weighted by atomic mass is 9.87. The molecule has 0 radical (unpaired) electrons. The number of imidazole rings is 1. The zero-order chi connectivity index (χ0) is 27.0. The Bertz CT molecular complexity index is 798. The average Bonchev–Trinajstić information content (AvgIpc) is 3.46. The molecule has 1 atom stereocenters. The van der Waals surface area contributed by atoms with Crippen molar-refractivity contribution < 1.29 is 55.6 Å². The van der Waals surface area contributed by atoms with E-state index in [1.54, 1.807) is 6.33 Å². The maximum absolute atomic E-state index is 10.6. The Morgan fingerprint density at radius 3 is 2.00 bits per heavy atom. The number of ether oxygens (including phenoxy) is 2. The number of carboxylic acids is 2. The molecule has 3 aliphatic rings. The van der Waals surface area contributed by atoms with Crippen LogP contribution in [0.1, 0.15) is 25.0 Å². The number of hydrogen-bond acceptors (Lipinski definition) is 7. The van der Waals surface area contributed by atoms with Crippen LogP contribution in [0.15, 0.2) is 12.5 Å². The Kier molecular flexibility index (Phi) is 10.5. The highest BCUT2D eigenvalue weighted by molar-refractivity contribution is 5.73. The van der Waals surface area contributed by atoms with Crippen LogP contribution in [0.25, 0.3) is 0 Å². The summed E-state index contributed by atoms with van der Waals surface area (Å²) in [6.07, 6.45) is -2.98. The van der Waals surface area contributed by atoms with Crippen molar-refractivity contribution in [3.8, 4) is 0 Å². The second kappa shape index (κ2) is 12.7. The van der Waals surface area contributed by atoms with E-state index < -0.39 is 24.3 Å². The van der Waals surface area contributed by atoms with Gasteiger partial charge in [0.2, 0.25) is 0 Å². The zero-order valence-electron chi connectivity index (χ0n) is 19.1. The van der Waals surface area contributed by atoms with Crippen LogP contribution >= 0.6 is 0 Å². The second-order valence-corrected chi connectivity index (χ2v) is 8.46. The number of alkyl halides is 6. The average molecular weight is 534 g/mol. The van der Waals surface area contributed by atoms with Crippen molar-refractivity contribution in [2.75, 3.05) is 46.0 Å². The largest absolute Gasteiger partial charge is 0.490 e. The van der Waals surface area contributed by atoms with Gasteiger partial charge in [-0.25, -0.2) is 14.6 Å². The first-order valence-corrected chi connectivity index (χ1v) is 11.0. The molecule has 4 rings (SSSR count). The topological polar surface area (TPSA) is 128 Å². The van der Waals surface area contributed by atoms with Gasteiger partial charge in [0, 0.05) is 50.7 Å². The predicted octanol–water partition coefficient (Wildman–Crippen LogP) is 2.13. The number of carbonyl (C=O) groups is 2. The fourth-order valence-corrected chi connectivity index (χ4v) is 4.08. The molecule has 0 saturated carbocycles. The molecule has 16 heteroatoms. The standard InChI is InChI=1S/C16H26N4O2.2C2HF3O2/c1-3-19(11-14-10-17-13-18-14)4-2-16(1)9-15(12-22-16)20-5-7-21-8-6-20;2*3-2(4,5)1(6)7/h10,13,15H,1-9,11-12H2,(H,17,18);2*(H,6,7). The van der Waals surface area contributed by atoms with Crippen LogP contribution in [-0.2, 0) is 25.6 Å². The maximum Gasteiger partial charge on any atom is 0.490 e. The summed E-state index contributed by atoms with van der Waals surface area (Å²) in [7, 11) is 0. The van der Waals surface area contributed by atoms with Gasteiger partial charge in [-0.2, -0.15) is 26.3 Å². The lowest BCUT2D eigenvalue weighted by molar-refractivity contribution is -0.193. The molecule has 3 saturated heterocycles. The number of morpholine rings is 1. The highest BCUT2D eigenvalue weighted by Crippen LogP contribution is 2.38. The van der Waals surface area contributed by atoms with Gasteiger partial charge in [0.25, 0.3) is 0 Å². The molecule has 1 aromatic heterocycles. The second-order valence-electron chi connectivity index (χ2n) is 8.46. The lowest BCUT2D eigenvalue weighted by Gasteiger charge is -2.39. The number of aromatic nitrogens is 2. The zero-order valence-corrected chi connectivity index (χ0v) is 19.1. The molecule has 1 aromatic rings. The van der Waals surface area contributed by atoms with Crippen LogP contribution in [0, 0.1) is 0 Å². The van der Waals surface area contributed by atoms with E-state index in [-0.39, 0.29) is 5.60 Å². The van der Waals surface area contributed by atoms with E-state index >= 15 is 0 Å². The Labute approximate surface area is 202 Å². The van der Waals surface area contributed by atoms with E-state index in [1.165, 1.54) is 12.1 Å². The van der Waals surface area contributed by atoms with Crippen molar-refractivity contribution in [2.45, 2.75) is 49.8 Å². The number of hydrogen-bond donors (Lipinski definition) is 3. The molecule has 10 nitrogen and oxygen atoms in total. The first-order valence-electron chi connectivity index (χ1n) is 11.0. The van der Waals surface area contributed by atoms with Crippen molar-refractivity contribution in [3.63, 3.8) is 0 Å². The van der Waals surface area contributed by atoms with Gasteiger partial charge in [-0.05, 0) is 19.3 Å². The van der Waals surface area contributed by atoms with Crippen molar-refractivity contribution in [1.82, 2.24) is 19.8 Å². The molecule has 1 spiro atoms. The van der Waals surface area contributed by atoms with E-state index in [0.717, 1.165) is 65.4 Å². The summed E-state index contributed by atoms with van der Waals surface area (Å²) >= 11 is 0. The highest BCUT2D eigenvalue weighted by atomic mass is 19.4. The summed E-state index contributed by atoms with van der Waals surface area (Å²) < 4.78 is 75.2. The van der Waals surface area contributed by atoms with Gasteiger partial charge in [-0.15, -0.1) is 0 Å². The van der Waals surface area contributed by atoms with E-state index in [1.807, 2.05) is 6.20 Å². The minimum Gasteiger partial charge on any atom is -0.475 e. The monoisotopic (exact) mass is 534 g/mol. The molecule has 4 heterocycles. The molecule has 0 aromatic carbocycles. The number of nitrogens with zero attached hydrogens (tertiary/aromatic N) is 3. The molecule has 0 amide bonds. The first kappa shape index (κ1) is 29.8. The van der Waals surface area contributed by atoms with Crippen LogP contribution in [-0.4, -0.2) is 112 Å². The normalized spacial score (nSPS) is 22.8. The van der Waals surface area contributed by atoms with Crippen molar-refractivity contribution in [2.24, 2.45) is 0 Å². The number of piperidine rings is 1. The molecule has 0 aliphatic carbocycles. The predicted molar refractivity (Wildman–Crippen MR) is 110 cm³/mol. The first-order chi connectivity index (χ1) is 16.7. The fourth-order valence-electron chi connectivity index (χ4n) is 4.08. The molecular weight excluding hydrogens is 506 g/mol. The van der Waals surface area contributed by atoms with Gasteiger partial charge >= 0.3 is 24.3 Å². The number of aromatic amines is 1. The minimum absolute atomic E-state index is 0.132. The van der Waals surface area contributed by atoms with Gasteiger partial charge in [0.1, 0.15) is 0 Å². The molecule has 3 aliphatic heterocycles. The SMILES string of the molecule is O=C(O)C(F)(F)F.O=C(O)C(F)(F)F.c1ncc(CN2CCC3(CC2)CC(N2CCOCC2)CO3)[nH]1. The van der Waals surface area contributed by atoms with Gasteiger partial charge in [-0.1, -0.05) is 0 Å². The number of nitrogens with one attached hydrogen (secondary N) is 1. The van der Waals surface area contributed by atoms with Gasteiger partial charge in [0.15, 0.2) is 0 Å². The number of aliphatic carboxylic acids is 2. The number of H-pyrrole nitrogens is 1. The Balaban J connectivity index is 0.000000271. The molecule has 1 unspecified atom stereocenters. The highest BCUT2D eigenvalue weighted by Gasteiger charge is 2.44. The summed E-state index contributed by atoms with van der Waals surface area (Å²) in [6.45, 7) is 8.00. The molecule has 206 valence electrons. The Morgan fingerprint density at radius 1 is 1.03 bits per heavy atom. The number of likely N-dealkylation sites (tertiary alicyclic amines) is 1. The lowest BCUT2D eigenvalue weighted by Crippen LogP contribution is -2.46. The van der Waals surface area contributed by atoms with Crippen LogP contribution in [0.4, 0.5) is 26.3 Å².